The van der Waals surface area contributed by atoms with E-state index in [2.05, 4.69) is 0 Å². The number of aliphatic carboxylic acids is 1. The Hall–Kier alpha value is -1.78. The Morgan fingerprint density at radius 2 is 2.06 bits per heavy atom. The van der Waals surface area contributed by atoms with Crippen LogP contribution in [0.25, 0.3) is 0 Å². The van der Waals surface area contributed by atoms with Gasteiger partial charge in [0.1, 0.15) is 11.7 Å². The molecule has 1 N–H and O–H groups in total. The minimum absolute atomic E-state index is 0.142. The molecule has 1 saturated carbocycles. The number of aromatic nitrogens is 1. The Morgan fingerprint density at radius 3 is 2.72 bits per heavy atom. The number of likely N-dealkylation sites (tertiary alicyclic amines) is 1. The fourth-order valence-electron chi connectivity index (χ4n) is 2.66. The smallest absolute Gasteiger partial charge is 0.326 e. The molecule has 1 aliphatic heterocycles. The van der Waals surface area contributed by atoms with Crippen LogP contribution in [0, 0.1) is 0 Å². The number of carbonyl (C=O) groups excluding carboxylic acids is 1. The van der Waals surface area contributed by atoms with E-state index >= 15 is 0 Å². The molecule has 0 radical (unpaired) electrons. The zero-order chi connectivity index (χ0) is 12.7. The largest absolute Gasteiger partial charge is 0.480 e. The van der Waals surface area contributed by atoms with E-state index in [1.165, 1.54) is 4.90 Å². The second-order valence-electron chi connectivity index (χ2n) is 5.03. The first-order chi connectivity index (χ1) is 8.68. The lowest BCUT2D eigenvalue weighted by molar-refractivity contribution is -0.141. The Labute approximate surface area is 105 Å². The van der Waals surface area contributed by atoms with Crippen LogP contribution in [0.15, 0.2) is 18.3 Å². The van der Waals surface area contributed by atoms with Crippen LogP contribution in [0.4, 0.5) is 0 Å². The van der Waals surface area contributed by atoms with Crippen molar-refractivity contribution in [3.8, 4) is 0 Å². The van der Waals surface area contributed by atoms with Gasteiger partial charge in [-0.1, -0.05) is 0 Å². The van der Waals surface area contributed by atoms with Crippen molar-refractivity contribution in [2.24, 2.45) is 0 Å². The highest BCUT2D eigenvalue weighted by Gasteiger charge is 2.36. The molecule has 3 rings (SSSR count). The molecule has 1 amide bonds. The highest BCUT2D eigenvalue weighted by molar-refractivity contribution is 5.95. The minimum atomic E-state index is -0.898. The van der Waals surface area contributed by atoms with Crippen LogP contribution in [0.2, 0.25) is 0 Å². The zero-order valence-electron chi connectivity index (χ0n) is 10.1. The lowest BCUT2D eigenvalue weighted by Gasteiger charge is -2.22. The van der Waals surface area contributed by atoms with E-state index in [1.54, 1.807) is 6.07 Å². The summed E-state index contributed by atoms with van der Waals surface area (Å²) < 4.78 is 1.99. The minimum Gasteiger partial charge on any atom is -0.480 e. The third-order valence-corrected chi connectivity index (χ3v) is 3.74. The maximum Gasteiger partial charge on any atom is 0.326 e. The standard InChI is InChI=1S/C13H16N2O3/c16-12(15-8-2-4-11(15)13(17)18)10-3-1-7-14(10)9-5-6-9/h1,3,7,9,11H,2,4-6,8H2,(H,17,18)/t11-/m0/s1. The highest BCUT2D eigenvalue weighted by atomic mass is 16.4. The van der Waals surface area contributed by atoms with Gasteiger partial charge in [-0.3, -0.25) is 4.79 Å². The molecule has 5 nitrogen and oxygen atoms in total. The highest BCUT2D eigenvalue weighted by Crippen LogP contribution is 2.36. The number of amides is 1. The average molecular weight is 248 g/mol. The Balaban J connectivity index is 1.85. The molecular formula is C13H16N2O3. The van der Waals surface area contributed by atoms with Gasteiger partial charge in [-0.15, -0.1) is 0 Å². The van der Waals surface area contributed by atoms with Crippen LogP contribution in [0.3, 0.4) is 0 Å². The molecule has 0 bridgehead atoms. The number of carboxylic acid groups (broad SMARTS) is 1. The molecule has 96 valence electrons. The topological polar surface area (TPSA) is 62.5 Å². The van der Waals surface area contributed by atoms with Crippen LogP contribution >= 0.6 is 0 Å². The molecule has 2 fully saturated rings. The van der Waals surface area contributed by atoms with Crippen molar-refractivity contribution in [1.29, 1.82) is 0 Å². The predicted octanol–water partition coefficient (Wildman–Crippen LogP) is 1.51. The molecule has 5 heteroatoms. The molecule has 2 heterocycles. The molecule has 2 aliphatic rings. The zero-order valence-corrected chi connectivity index (χ0v) is 10.1. The Kier molecular flexibility index (Phi) is 2.61. The summed E-state index contributed by atoms with van der Waals surface area (Å²) in [6.07, 6.45) is 5.46. The van der Waals surface area contributed by atoms with Gasteiger partial charge in [-0.05, 0) is 37.8 Å². The van der Waals surface area contributed by atoms with Gasteiger partial charge in [-0.25, -0.2) is 4.79 Å². The third kappa shape index (κ3) is 1.79. The third-order valence-electron chi connectivity index (χ3n) is 3.74. The number of hydrogen-bond acceptors (Lipinski definition) is 2. The second-order valence-corrected chi connectivity index (χ2v) is 5.03. The van der Waals surface area contributed by atoms with Crippen LogP contribution in [0.5, 0.6) is 0 Å². The van der Waals surface area contributed by atoms with Gasteiger partial charge in [0.15, 0.2) is 0 Å². The monoisotopic (exact) mass is 248 g/mol. The summed E-state index contributed by atoms with van der Waals surface area (Å²) in [5.41, 5.74) is 0.630. The van der Waals surface area contributed by atoms with Crippen molar-refractivity contribution >= 4 is 11.9 Å². The van der Waals surface area contributed by atoms with Crippen molar-refractivity contribution in [3.63, 3.8) is 0 Å². The van der Waals surface area contributed by atoms with Crippen LogP contribution in [-0.2, 0) is 4.79 Å². The predicted molar refractivity (Wildman–Crippen MR) is 64.4 cm³/mol. The lowest BCUT2D eigenvalue weighted by Crippen LogP contribution is -2.41. The summed E-state index contributed by atoms with van der Waals surface area (Å²) in [4.78, 5) is 25.0. The summed E-state index contributed by atoms with van der Waals surface area (Å²) in [7, 11) is 0. The van der Waals surface area contributed by atoms with E-state index in [-0.39, 0.29) is 5.91 Å². The first kappa shape index (κ1) is 11.3. The summed E-state index contributed by atoms with van der Waals surface area (Å²) in [6, 6.07) is 3.43. The van der Waals surface area contributed by atoms with Crippen molar-refractivity contribution < 1.29 is 14.7 Å². The molecule has 0 aromatic carbocycles. The van der Waals surface area contributed by atoms with E-state index in [0.29, 0.717) is 24.7 Å². The molecule has 1 aromatic heterocycles. The van der Waals surface area contributed by atoms with Gasteiger partial charge >= 0.3 is 5.97 Å². The fraction of sp³-hybridized carbons (Fsp3) is 0.538. The van der Waals surface area contributed by atoms with Crippen molar-refractivity contribution in [2.75, 3.05) is 6.54 Å². The summed E-state index contributed by atoms with van der Waals surface area (Å²) in [5, 5.41) is 9.12. The van der Waals surface area contributed by atoms with Gasteiger partial charge in [-0.2, -0.15) is 0 Å². The second kappa shape index (κ2) is 4.15. The molecule has 1 atom stereocenters. The van der Waals surface area contributed by atoms with E-state index < -0.39 is 12.0 Å². The molecule has 0 spiro atoms. The fourth-order valence-corrected chi connectivity index (χ4v) is 2.66. The van der Waals surface area contributed by atoms with Crippen molar-refractivity contribution in [3.05, 3.63) is 24.0 Å². The lowest BCUT2D eigenvalue weighted by atomic mass is 10.2. The number of carbonyl (C=O) groups is 2. The van der Waals surface area contributed by atoms with Gasteiger partial charge in [0, 0.05) is 18.8 Å². The maximum absolute atomic E-state index is 12.4. The first-order valence-electron chi connectivity index (χ1n) is 6.39. The molecule has 18 heavy (non-hydrogen) atoms. The maximum atomic E-state index is 12.4. The number of nitrogens with zero attached hydrogens (tertiary/aromatic N) is 2. The number of carboxylic acids is 1. The van der Waals surface area contributed by atoms with Crippen LogP contribution < -0.4 is 0 Å². The summed E-state index contributed by atoms with van der Waals surface area (Å²) >= 11 is 0. The van der Waals surface area contributed by atoms with Gasteiger partial charge in [0.25, 0.3) is 5.91 Å². The molecule has 0 unspecified atom stereocenters. The van der Waals surface area contributed by atoms with Crippen LogP contribution in [0.1, 0.15) is 42.2 Å². The van der Waals surface area contributed by atoms with E-state index in [9.17, 15) is 9.59 Å². The SMILES string of the molecule is O=C(O)[C@@H]1CCCN1C(=O)c1cccn1C1CC1. The van der Waals surface area contributed by atoms with Gasteiger partial charge < -0.3 is 14.6 Å². The molecular weight excluding hydrogens is 232 g/mol. The molecule has 1 aromatic rings. The quantitative estimate of drug-likeness (QED) is 0.882. The summed E-state index contributed by atoms with van der Waals surface area (Å²) in [6.45, 7) is 0.547. The van der Waals surface area contributed by atoms with Crippen molar-refractivity contribution in [2.45, 2.75) is 37.8 Å². The Morgan fingerprint density at radius 1 is 1.28 bits per heavy atom. The van der Waals surface area contributed by atoms with Crippen molar-refractivity contribution in [1.82, 2.24) is 9.47 Å². The summed E-state index contributed by atoms with van der Waals surface area (Å²) in [5.74, 6) is -1.04. The van der Waals surface area contributed by atoms with E-state index in [0.717, 1.165) is 19.3 Å². The van der Waals surface area contributed by atoms with E-state index in [4.69, 9.17) is 5.11 Å². The molecule has 1 aliphatic carbocycles. The average Bonchev–Trinajstić information content (AvgIpc) is 2.92. The Bertz CT molecular complexity index is 490. The molecule has 1 saturated heterocycles. The normalized spacial score (nSPS) is 23.3. The van der Waals surface area contributed by atoms with Gasteiger partial charge in [0.2, 0.25) is 0 Å². The van der Waals surface area contributed by atoms with E-state index in [1.807, 2.05) is 16.8 Å². The first-order valence-corrected chi connectivity index (χ1v) is 6.39. The number of hydrogen-bond donors (Lipinski definition) is 1. The number of rotatable bonds is 3. The van der Waals surface area contributed by atoms with Crippen LogP contribution in [-0.4, -0.2) is 39.0 Å². The van der Waals surface area contributed by atoms with Gasteiger partial charge in [0.05, 0.1) is 0 Å².